The summed E-state index contributed by atoms with van der Waals surface area (Å²) in [7, 11) is 0. The van der Waals surface area contributed by atoms with Crippen molar-refractivity contribution in [1.29, 1.82) is 0 Å². The molecule has 0 aliphatic heterocycles. The number of rotatable bonds is 0. The van der Waals surface area contributed by atoms with Crippen molar-refractivity contribution in [2.75, 3.05) is 0 Å². The van der Waals surface area contributed by atoms with Gasteiger partial charge in [-0.2, -0.15) is 0 Å². The summed E-state index contributed by atoms with van der Waals surface area (Å²) in [5.41, 5.74) is 0. The summed E-state index contributed by atoms with van der Waals surface area (Å²) in [6.45, 7) is 0. The monoisotopic (exact) mass is 284 g/mol. The zero-order chi connectivity index (χ0) is 8.12. The molecule has 0 heterocycles. The number of hydrogen-bond acceptors (Lipinski definition) is 9. The molecule has 0 fully saturated rings. The van der Waals surface area contributed by atoms with Crippen molar-refractivity contribution >= 4 is 0 Å². The van der Waals surface area contributed by atoms with E-state index in [-0.39, 0.29) is 45.7 Å². The van der Waals surface area contributed by atoms with Crippen molar-refractivity contribution in [1.82, 2.24) is 0 Å². The fourth-order valence-electron chi connectivity index (χ4n) is 0. The van der Waals surface area contributed by atoms with Crippen molar-refractivity contribution in [2.45, 2.75) is 0 Å². The summed E-state index contributed by atoms with van der Waals surface area (Å²) in [5.74, 6) is 0. The predicted molar refractivity (Wildman–Crippen MR) is 10.5 cm³/mol. The molecule has 13 heteroatoms. The van der Waals surface area contributed by atoms with Crippen LogP contribution in [0.4, 0.5) is 0 Å². The minimum Gasteiger partial charge on any atom is -0.734 e. The normalized spacial score (nSPS) is 4.15. The van der Waals surface area contributed by atoms with E-state index < -0.39 is 0 Å². The Labute approximate surface area is 92.8 Å². The van der Waals surface area contributed by atoms with Crippen LogP contribution >= 0.6 is 0 Å². The Morgan fingerprint density at radius 2 is 0.462 bits per heavy atom. The van der Waals surface area contributed by atoms with E-state index in [2.05, 4.69) is 0 Å². The molecule has 0 amide bonds. The molecule has 0 aliphatic carbocycles. The van der Waals surface area contributed by atoms with Crippen LogP contribution in [-0.2, 0) is 49.8 Å². The molecule has 0 aromatic heterocycles. The summed E-state index contributed by atoms with van der Waals surface area (Å²) in [6, 6.07) is 0. The summed E-state index contributed by atoms with van der Waals surface area (Å²) < 4.78 is 0. The fourth-order valence-corrected chi connectivity index (χ4v) is 0. The first kappa shape index (κ1) is 49.5. The van der Waals surface area contributed by atoms with E-state index >= 15 is 0 Å². The largest absolute Gasteiger partial charge is 3.00 e. The third-order valence-electron chi connectivity index (χ3n) is 0. The average Bonchev–Trinajstić information content (AvgIpc) is 1.70. The summed E-state index contributed by atoms with van der Waals surface area (Å²) in [6.07, 6.45) is 0. The first-order valence-electron chi connectivity index (χ1n) is 1.00. The maximum Gasteiger partial charge on any atom is 3.00 e. The molecule has 0 rings (SSSR count). The van der Waals surface area contributed by atoms with E-state index in [0.717, 1.165) is 0 Å². The molecule has 0 atom stereocenters. The molecule has 0 aromatic carbocycles. The van der Waals surface area contributed by atoms with Gasteiger partial charge in [0.15, 0.2) is 0 Å². The summed E-state index contributed by atoms with van der Waals surface area (Å²) in [4.78, 5) is 0. The van der Waals surface area contributed by atoms with E-state index in [4.69, 9.17) is 31.5 Å². The van der Waals surface area contributed by atoms with Gasteiger partial charge in [0.1, 0.15) is 0 Å². The summed E-state index contributed by atoms with van der Waals surface area (Å²) >= 11 is 0. The van der Waals surface area contributed by atoms with Gasteiger partial charge in [-0.05, 0) is 0 Å². The van der Waals surface area contributed by atoms with Gasteiger partial charge < -0.3 is 57.6 Å². The van der Waals surface area contributed by atoms with Crippen LogP contribution in [0.1, 0.15) is 0 Å². The third kappa shape index (κ3) is 3650. The summed E-state index contributed by atoms with van der Waals surface area (Å²) in [5, 5.41) is 52.5. The second-order valence-electron chi connectivity index (χ2n) is 0.204. The van der Waals surface area contributed by atoms with E-state index in [1.807, 2.05) is 0 Å². The van der Waals surface area contributed by atoms with E-state index in [1.165, 1.54) is 0 Å². The maximum atomic E-state index is 7.88. The Bertz CT molecular complexity index is 12.8. The molecule has 2 radical (unpaired) electrons. The van der Waals surface area contributed by atoms with E-state index in [9.17, 15) is 0 Å². The van der Waals surface area contributed by atoms with Crippen molar-refractivity contribution in [3.8, 4) is 0 Å². The smallest absolute Gasteiger partial charge is 0.734 e. The second kappa shape index (κ2) is 130. The molecule has 0 saturated carbocycles. The Hall–Kier alpha value is 0.625. The zero-order valence-electron chi connectivity index (χ0n) is 5.49. The quantitative estimate of drug-likeness (QED) is 0.303. The molecule has 0 saturated heterocycles. The second-order valence-corrected chi connectivity index (χ2v) is 0.204. The Morgan fingerprint density at radius 1 is 0.462 bits per heavy atom. The van der Waals surface area contributed by atoms with E-state index in [1.54, 1.807) is 15.1 Å². The molecule has 0 bridgehead atoms. The van der Waals surface area contributed by atoms with Crippen molar-refractivity contribution < 1.29 is 92.3 Å². The van der Waals surface area contributed by atoms with Gasteiger partial charge in [0.2, 0.25) is 0 Å². The molecular formula is H4Cr2O11. The van der Waals surface area contributed by atoms with Gasteiger partial charge in [-0.25, -0.2) is 0 Å². The van der Waals surface area contributed by atoms with Gasteiger partial charge in [0.05, 0.1) is 0 Å². The van der Waals surface area contributed by atoms with Gasteiger partial charge in [0.25, 0.3) is 0 Å². The minimum atomic E-state index is 0. The average molecular weight is 284 g/mol. The predicted octanol–water partition coefficient (Wildman–Crippen LogP) is -8.99. The van der Waals surface area contributed by atoms with Gasteiger partial charge in [-0.3, -0.25) is 0 Å². The Kier molecular flexibility index (Phi) is 494. The Morgan fingerprint density at radius 3 is 0.462 bits per heavy atom. The molecule has 0 spiro atoms. The molecule has 4 N–H and O–H groups in total. The van der Waals surface area contributed by atoms with Crippen LogP contribution in [0.2, 0.25) is 0 Å². The van der Waals surface area contributed by atoms with Gasteiger partial charge in [0, 0.05) is 0 Å². The third-order valence-corrected chi connectivity index (χ3v) is 0. The molecule has 0 unspecified atom stereocenters. The Balaban J connectivity index is -0.00000000720. The van der Waals surface area contributed by atoms with Crippen LogP contribution in [0.5, 0.6) is 0 Å². The molecular weight excluding hydrogens is 280 g/mol. The minimum absolute atomic E-state index is 0. The van der Waals surface area contributed by atoms with Crippen molar-refractivity contribution in [3.05, 3.63) is 0 Å². The van der Waals surface area contributed by atoms with Crippen molar-refractivity contribution in [3.63, 3.8) is 0 Å². The fraction of sp³-hybridized carbons (Fsp3) is 0. The van der Waals surface area contributed by atoms with Crippen LogP contribution in [-0.4, -0.2) is 11.0 Å². The first-order chi connectivity index (χ1) is 4.24. The van der Waals surface area contributed by atoms with Crippen LogP contribution in [0, 0.1) is 0 Å². The zero-order valence-corrected chi connectivity index (χ0v) is 8.04. The molecule has 0 aromatic rings. The van der Waals surface area contributed by atoms with Crippen LogP contribution < -0.4 is 31.5 Å². The topological polar surface area (TPSA) is 229 Å². The number of hydrogen-bond donors (Lipinski definition) is 0. The standard InChI is InChI=1S/2Cr.3H2O3.2H2O/c;;3*1-3-2;;/h;;3*1-2H;2*1H2/q2*+3;;;;;/p-6. The first-order valence-corrected chi connectivity index (χ1v) is 1.00. The van der Waals surface area contributed by atoms with E-state index in [0.29, 0.717) is 0 Å². The van der Waals surface area contributed by atoms with Gasteiger partial charge in [-0.1, -0.05) is 0 Å². The maximum absolute atomic E-state index is 7.88. The van der Waals surface area contributed by atoms with Crippen LogP contribution in [0.15, 0.2) is 0 Å². The molecule has 82 valence electrons. The van der Waals surface area contributed by atoms with Crippen molar-refractivity contribution in [2.24, 2.45) is 0 Å². The molecule has 0 aliphatic rings. The molecule has 11 nitrogen and oxygen atoms in total. The molecule has 13 heavy (non-hydrogen) atoms. The van der Waals surface area contributed by atoms with Gasteiger partial charge in [-0.15, -0.1) is 0 Å². The van der Waals surface area contributed by atoms with Crippen LogP contribution in [0.25, 0.3) is 0 Å². The van der Waals surface area contributed by atoms with Gasteiger partial charge >= 0.3 is 34.7 Å². The SMILES string of the molecule is O.O.[Cr+3].[Cr+3].[O-]O[O-].[O-]O[O-].[O-]O[O-]. The van der Waals surface area contributed by atoms with Crippen LogP contribution in [0.3, 0.4) is 0 Å².